The van der Waals surface area contributed by atoms with Gasteiger partial charge in [0, 0.05) is 23.4 Å². The van der Waals surface area contributed by atoms with Gasteiger partial charge in [0.2, 0.25) is 5.91 Å². The average molecular weight is 416 g/mol. The number of carbonyl (C=O) groups is 1. The third-order valence-electron chi connectivity index (χ3n) is 5.32. The van der Waals surface area contributed by atoms with E-state index in [2.05, 4.69) is 22.5 Å². The van der Waals surface area contributed by atoms with Gasteiger partial charge in [-0.2, -0.15) is 5.10 Å². The van der Waals surface area contributed by atoms with E-state index in [0.29, 0.717) is 13.1 Å². The number of aromatic nitrogens is 2. The van der Waals surface area contributed by atoms with Crippen molar-refractivity contribution in [3.8, 4) is 22.1 Å². The van der Waals surface area contributed by atoms with Crippen molar-refractivity contribution in [2.45, 2.75) is 19.4 Å². The van der Waals surface area contributed by atoms with Crippen molar-refractivity contribution >= 4 is 17.2 Å². The summed E-state index contributed by atoms with van der Waals surface area (Å²) in [7, 11) is 0. The lowest BCUT2D eigenvalue weighted by atomic mass is 9.87. The zero-order chi connectivity index (χ0) is 20.5. The first-order valence-electron chi connectivity index (χ1n) is 9.92. The number of nitrogens with one attached hydrogen (secondary N) is 1. The molecule has 1 N–H and O–H groups in total. The summed E-state index contributed by atoms with van der Waals surface area (Å²) >= 11 is 1.68. The fourth-order valence-corrected chi connectivity index (χ4v) is 4.54. The van der Waals surface area contributed by atoms with Crippen molar-refractivity contribution in [3.63, 3.8) is 0 Å². The molecule has 0 aliphatic carbocycles. The second-order valence-electron chi connectivity index (χ2n) is 7.27. The molecule has 6 heteroatoms. The number of carbonyl (C=O) groups excluding carboxylic acids is 1. The number of thiophene rings is 1. The van der Waals surface area contributed by atoms with Crippen molar-refractivity contribution in [2.24, 2.45) is 0 Å². The summed E-state index contributed by atoms with van der Waals surface area (Å²) < 4.78 is 7.94. The third-order valence-corrected chi connectivity index (χ3v) is 6.21. The molecular formula is C24H21N3O2S. The van der Waals surface area contributed by atoms with Crippen LogP contribution in [0.4, 0.5) is 0 Å². The van der Waals surface area contributed by atoms with E-state index in [1.807, 2.05) is 71.6 Å². The van der Waals surface area contributed by atoms with Gasteiger partial charge < -0.3 is 10.1 Å². The minimum atomic E-state index is -0.383. The minimum absolute atomic E-state index is 0.0264. The average Bonchev–Trinajstić information content (AvgIpc) is 3.42. The Morgan fingerprint density at radius 1 is 1.07 bits per heavy atom. The van der Waals surface area contributed by atoms with Crippen LogP contribution in [0, 0.1) is 6.92 Å². The van der Waals surface area contributed by atoms with Crippen LogP contribution >= 0.6 is 11.3 Å². The molecule has 150 valence electrons. The van der Waals surface area contributed by atoms with E-state index in [1.165, 1.54) is 0 Å². The number of nitrogens with zero attached hydrogens (tertiary/aromatic N) is 2. The molecule has 1 aliphatic heterocycles. The van der Waals surface area contributed by atoms with Gasteiger partial charge in [-0.1, -0.05) is 42.5 Å². The summed E-state index contributed by atoms with van der Waals surface area (Å²) in [6, 6.07) is 21.6. The third kappa shape index (κ3) is 3.39. The molecule has 4 aromatic rings. The summed E-state index contributed by atoms with van der Waals surface area (Å²) in [5.74, 6) is 1.06. The van der Waals surface area contributed by atoms with E-state index < -0.39 is 0 Å². The molecule has 0 unspecified atom stereocenters. The van der Waals surface area contributed by atoms with Gasteiger partial charge in [0.15, 0.2) is 0 Å². The Morgan fingerprint density at radius 2 is 1.77 bits per heavy atom. The smallest absolute Gasteiger partial charge is 0.232 e. The monoisotopic (exact) mass is 415 g/mol. The number of amides is 1. The fourth-order valence-electron chi connectivity index (χ4n) is 3.86. The molecule has 0 atom stereocenters. The standard InChI is InChI=1S/C24H21N3O2S/c1-16-15-19(22-11-6-14-30-22)26-27(16)13-12-25-24(28)23-17-7-2-4-9-20(17)29-21-10-5-3-8-18(21)23/h2-11,14-15,23H,12-13H2,1H3,(H,25,28). The Balaban J connectivity index is 1.32. The van der Waals surface area contributed by atoms with Gasteiger partial charge in [0.1, 0.15) is 17.2 Å². The largest absolute Gasteiger partial charge is 0.457 e. The number of aryl methyl sites for hydroxylation is 1. The first kappa shape index (κ1) is 18.6. The van der Waals surface area contributed by atoms with Gasteiger partial charge in [-0.15, -0.1) is 11.3 Å². The van der Waals surface area contributed by atoms with Crippen LogP contribution in [-0.4, -0.2) is 22.2 Å². The number of hydrogen-bond acceptors (Lipinski definition) is 4. The van der Waals surface area contributed by atoms with Gasteiger partial charge in [-0.3, -0.25) is 9.48 Å². The van der Waals surface area contributed by atoms with Crippen molar-refractivity contribution in [1.82, 2.24) is 15.1 Å². The van der Waals surface area contributed by atoms with E-state index in [-0.39, 0.29) is 11.8 Å². The molecule has 1 amide bonds. The minimum Gasteiger partial charge on any atom is -0.457 e. The number of para-hydroxylation sites is 2. The number of benzene rings is 2. The SMILES string of the molecule is Cc1cc(-c2cccs2)nn1CCNC(=O)C1c2ccccc2Oc2ccccc21. The van der Waals surface area contributed by atoms with Crippen LogP contribution in [0.25, 0.3) is 10.6 Å². The molecule has 0 spiro atoms. The summed E-state index contributed by atoms with van der Waals surface area (Å²) in [5.41, 5.74) is 3.84. The Morgan fingerprint density at radius 3 is 2.43 bits per heavy atom. The summed E-state index contributed by atoms with van der Waals surface area (Å²) in [5, 5.41) is 9.84. The van der Waals surface area contributed by atoms with E-state index >= 15 is 0 Å². The number of ether oxygens (including phenoxy) is 1. The molecule has 0 saturated carbocycles. The Hall–Kier alpha value is -3.38. The highest BCUT2D eigenvalue weighted by Gasteiger charge is 2.32. The van der Waals surface area contributed by atoms with Crippen molar-refractivity contribution < 1.29 is 9.53 Å². The second kappa shape index (κ2) is 7.80. The maximum absolute atomic E-state index is 13.2. The molecule has 2 aromatic carbocycles. The van der Waals surface area contributed by atoms with Crippen LogP contribution in [-0.2, 0) is 11.3 Å². The highest BCUT2D eigenvalue weighted by Crippen LogP contribution is 2.43. The van der Waals surface area contributed by atoms with Crippen LogP contribution in [0.15, 0.2) is 72.1 Å². The first-order chi connectivity index (χ1) is 14.7. The zero-order valence-electron chi connectivity index (χ0n) is 16.5. The Bertz CT molecular complexity index is 1150. The van der Waals surface area contributed by atoms with Gasteiger partial charge in [0.25, 0.3) is 0 Å². The van der Waals surface area contributed by atoms with Crippen LogP contribution in [0.1, 0.15) is 22.7 Å². The normalized spacial score (nSPS) is 12.7. The topological polar surface area (TPSA) is 56.2 Å². The number of rotatable bonds is 5. The van der Waals surface area contributed by atoms with Gasteiger partial charge >= 0.3 is 0 Å². The fraction of sp³-hybridized carbons (Fsp3) is 0.167. The highest BCUT2D eigenvalue weighted by molar-refractivity contribution is 7.13. The van der Waals surface area contributed by atoms with E-state index in [0.717, 1.165) is 38.9 Å². The maximum atomic E-state index is 13.2. The van der Waals surface area contributed by atoms with Crippen LogP contribution in [0.5, 0.6) is 11.5 Å². The van der Waals surface area contributed by atoms with Crippen molar-refractivity contribution in [1.29, 1.82) is 0 Å². The van der Waals surface area contributed by atoms with Crippen LogP contribution in [0.2, 0.25) is 0 Å². The Kier molecular flexibility index (Phi) is 4.85. The molecule has 0 bridgehead atoms. The maximum Gasteiger partial charge on any atom is 0.232 e. The summed E-state index contributed by atoms with van der Waals surface area (Å²) in [6.45, 7) is 3.17. The van der Waals surface area contributed by atoms with Crippen molar-refractivity contribution in [3.05, 3.63) is 88.9 Å². The van der Waals surface area contributed by atoms with E-state index in [4.69, 9.17) is 4.74 Å². The Labute approximate surface area is 178 Å². The highest BCUT2D eigenvalue weighted by atomic mass is 32.1. The molecule has 0 saturated heterocycles. The zero-order valence-corrected chi connectivity index (χ0v) is 17.4. The second-order valence-corrected chi connectivity index (χ2v) is 8.22. The summed E-state index contributed by atoms with van der Waals surface area (Å²) in [6.07, 6.45) is 0. The lowest BCUT2D eigenvalue weighted by Gasteiger charge is -2.27. The molecule has 0 fully saturated rings. The molecule has 3 heterocycles. The van der Waals surface area contributed by atoms with Crippen LogP contribution < -0.4 is 10.1 Å². The lowest BCUT2D eigenvalue weighted by Crippen LogP contribution is -2.34. The van der Waals surface area contributed by atoms with E-state index in [9.17, 15) is 4.79 Å². The molecule has 1 aliphatic rings. The van der Waals surface area contributed by atoms with Gasteiger partial charge in [0.05, 0.1) is 17.3 Å². The molecule has 5 nitrogen and oxygen atoms in total. The van der Waals surface area contributed by atoms with Crippen molar-refractivity contribution in [2.75, 3.05) is 6.54 Å². The van der Waals surface area contributed by atoms with Crippen LogP contribution in [0.3, 0.4) is 0 Å². The van der Waals surface area contributed by atoms with Gasteiger partial charge in [-0.05, 0) is 36.6 Å². The number of hydrogen-bond donors (Lipinski definition) is 1. The molecule has 5 rings (SSSR count). The molecule has 2 aromatic heterocycles. The predicted octanol–water partition coefficient (Wildman–Crippen LogP) is 4.97. The number of fused-ring (bicyclic) bond motifs is 2. The molecule has 0 radical (unpaired) electrons. The predicted molar refractivity (Wildman–Crippen MR) is 118 cm³/mol. The summed E-state index contributed by atoms with van der Waals surface area (Å²) in [4.78, 5) is 14.3. The lowest BCUT2D eigenvalue weighted by molar-refractivity contribution is -0.121. The van der Waals surface area contributed by atoms with Gasteiger partial charge in [-0.25, -0.2) is 0 Å². The van der Waals surface area contributed by atoms with E-state index in [1.54, 1.807) is 11.3 Å². The first-order valence-corrected chi connectivity index (χ1v) is 10.8. The quantitative estimate of drug-likeness (QED) is 0.500. The molecular weight excluding hydrogens is 394 g/mol. The molecule has 30 heavy (non-hydrogen) atoms.